The third-order valence-electron chi connectivity index (χ3n) is 3.84. The lowest BCUT2D eigenvalue weighted by Crippen LogP contribution is -2.05. The van der Waals surface area contributed by atoms with Crippen molar-refractivity contribution in [1.29, 1.82) is 0 Å². The molecule has 0 saturated carbocycles. The van der Waals surface area contributed by atoms with E-state index in [4.69, 9.17) is 11.6 Å². The smallest absolute Gasteiger partial charge is 0.228 e. The average Bonchev–Trinajstić information content (AvgIpc) is 2.86. The van der Waals surface area contributed by atoms with Crippen LogP contribution in [-0.2, 0) is 17.6 Å². The van der Waals surface area contributed by atoms with Gasteiger partial charge in [0.05, 0.1) is 6.42 Å². The zero-order chi connectivity index (χ0) is 15.0. The number of benzene rings is 2. The van der Waals surface area contributed by atoms with Crippen LogP contribution in [0.2, 0.25) is 5.02 Å². The van der Waals surface area contributed by atoms with Crippen LogP contribution in [-0.4, -0.2) is 11.0 Å². The largest absolute Gasteiger partial charge is 0.384 e. The van der Waals surface area contributed by atoms with E-state index in [0.29, 0.717) is 17.0 Å². The molecule has 1 aliphatic heterocycles. The van der Waals surface area contributed by atoms with Crippen LogP contribution in [0.25, 0.3) is 0 Å². The lowest BCUT2D eigenvalue weighted by molar-refractivity contribution is -0.115. The molecule has 1 amide bonds. The fourth-order valence-corrected chi connectivity index (χ4v) is 3.00. The zero-order valence-electron chi connectivity index (χ0n) is 11.7. The number of nitrogens with one attached hydrogen (secondary N) is 1. The molecule has 3 nitrogen and oxygen atoms in total. The van der Waals surface area contributed by atoms with E-state index in [0.717, 1.165) is 28.8 Å². The van der Waals surface area contributed by atoms with E-state index in [-0.39, 0.29) is 5.91 Å². The average molecular weight is 302 g/mol. The summed E-state index contributed by atoms with van der Waals surface area (Å²) in [6.45, 7) is 2.03. The Balaban J connectivity index is 2.06. The maximum atomic E-state index is 11.6. The Labute approximate surface area is 128 Å². The molecule has 0 bridgehead atoms. The minimum Gasteiger partial charge on any atom is -0.384 e. The molecule has 1 aliphatic rings. The van der Waals surface area contributed by atoms with Gasteiger partial charge in [-0.15, -0.1) is 0 Å². The number of aliphatic hydroxyl groups excluding tert-OH is 1. The molecule has 3 rings (SSSR count). The van der Waals surface area contributed by atoms with Crippen molar-refractivity contribution in [2.75, 3.05) is 5.32 Å². The van der Waals surface area contributed by atoms with E-state index in [9.17, 15) is 9.90 Å². The Morgan fingerprint density at radius 3 is 2.81 bits per heavy atom. The number of aliphatic hydroxyl groups is 1. The first-order chi connectivity index (χ1) is 10.1. The topological polar surface area (TPSA) is 49.3 Å². The monoisotopic (exact) mass is 301 g/mol. The molecule has 21 heavy (non-hydrogen) atoms. The van der Waals surface area contributed by atoms with Gasteiger partial charge in [0.2, 0.25) is 5.91 Å². The Morgan fingerprint density at radius 2 is 2.10 bits per heavy atom. The van der Waals surface area contributed by atoms with Crippen molar-refractivity contribution in [3.05, 3.63) is 63.7 Å². The molecular formula is C17H16ClNO2. The number of hydrogen-bond donors (Lipinski definition) is 2. The Morgan fingerprint density at radius 1 is 1.33 bits per heavy atom. The van der Waals surface area contributed by atoms with E-state index in [1.165, 1.54) is 0 Å². The van der Waals surface area contributed by atoms with Crippen molar-refractivity contribution in [3.63, 3.8) is 0 Å². The lowest BCUT2D eigenvalue weighted by atomic mass is 9.95. The van der Waals surface area contributed by atoms with Crippen LogP contribution in [0.1, 0.15) is 35.3 Å². The summed E-state index contributed by atoms with van der Waals surface area (Å²) < 4.78 is 0. The second-order valence-corrected chi connectivity index (χ2v) is 5.62. The quantitative estimate of drug-likeness (QED) is 0.912. The summed E-state index contributed by atoms with van der Waals surface area (Å²) in [5.41, 5.74) is 4.34. The van der Waals surface area contributed by atoms with Crippen molar-refractivity contribution in [1.82, 2.24) is 0 Å². The first-order valence-electron chi connectivity index (χ1n) is 6.98. The van der Waals surface area contributed by atoms with Gasteiger partial charge in [0.25, 0.3) is 0 Å². The summed E-state index contributed by atoms with van der Waals surface area (Å²) in [6, 6.07) is 11.1. The van der Waals surface area contributed by atoms with E-state index in [1.807, 2.05) is 37.3 Å². The summed E-state index contributed by atoms with van der Waals surface area (Å²) >= 11 is 6.16. The molecule has 0 radical (unpaired) electrons. The van der Waals surface area contributed by atoms with Crippen LogP contribution in [0.15, 0.2) is 36.4 Å². The summed E-state index contributed by atoms with van der Waals surface area (Å²) in [5, 5.41) is 14.0. The van der Waals surface area contributed by atoms with Gasteiger partial charge in [-0.05, 0) is 29.2 Å². The van der Waals surface area contributed by atoms with E-state index >= 15 is 0 Å². The number of anilines is 1. The number of halogens is 1. The molecule has 0 aliphatic carbocycles. The molecule has 1 heterocycles. The summed E-state index contributed by atoms with van der Waals surface area (Å²) in [4.78, 5) is 11.6. The molecule has 2 aromatic rings. The molecule has 2 N–H and O–H groups in total. The zero-order valence-corrected chi connectivity index (χ0v) is 12.4. The summed E-state index contributed by atoms with van der Waals surface area (Å²) in [7, 11) is 0. The second-order valence-electron chi connectivity index (χ2n) is 5.22. The predicted octanol–water partition coefficient (Wildman–Crippen LogP) is 3.48. The molecule has 0 saturated heterocycles. The number of hydrogen-bond acceptors (Lipinski definition) is 2. The van der Waals surface area contributed by atoms with E-state index in [1.54, 1.807) is 6.07 Å². The Bertz CT molecular complexity index is 712. The molecular weight excluding hydrogens is 286 g/mol. The number of aryl methyl sites for hydroxylation is 1. The van der Waals surface area contributed by atoms with Crippen LogP contribution in [0, 0.1) is 0 Å². The molecule has 0 spiro atoms. The van der Waals surface area contributed by atoms with Crippen molar-refractivity contribution in [2.45, 2.75) is 25.9 Å². The number of rotatable bonds is 3. The third-order valence-corrected chi connectivity index (χ3v) is 4.18. The van der Waals surface area contributed by atoms with E-state index < -0.39 is 6.10 Å². The molecule has 2 aromatic carbocycles. The van der Waals surface area contributed by atoms with Gasteiger partial charge in [-0.3, -0.25) is 4.79 Å². The Hall–Kier alpha value is -1.84. The number of amides is 1. The van der Waals surface area contributed by atoms with Gasteiger partial charge in [-0.2, -0.15) is 0 Å². The van der Waals surface area contributed by atoms with Crippen molar-refractivity contribution >= 4 is 23.2 Å². The predicted molar refractivity (Wildman–Crippen MR) is 83.7 cm³/mol. The van der Waals surface area contributed by atoms with Gasteiger partial charge in [-0.1, -0.05) is 48.9 Å². The first-order valence-corrected chi connectivity index (χ1v) is 7.36. The molecule has 1 atom stereocenters. The van der Waals surface area contributed by atoms with Crippen LogP contribution < -0.4 is 5.32 Å². The second kappa shape index (κ2) is 5.51. The molecule has 1 unspecified atom stereocenters. The maximum absolute atomic E-state index is 11.6. The van der Waals surface area contributed by atoms with Crippen LogP contribution >= 0.6 is 11.6 Å². The maximum Gasteiger partial charge on any atom is 0.228 e. The van der Waals surface area contributed by atoms with Crippen LogP contribution in [0.5, 0.6) is 0 Å². The summed E-state index contributed by atoms with van der Waals surface area (Å²) in [5.74, 6) is 0.00378. The van der Waals surface area contributed by atoms with E-state index in [2.05, 4.69) is 5.32 Å². The normalized spacial score (nSPS) is 14.7. The standard InChI is InChI=1S/C17H16ClNO2/c1-2-10-7-12(8-11-9-15(20)19-16(10)11)17(21)13-5-3-4-6-14(13)18/h3-8,17,21H,2,9H2,1H3,(H,19,20). The third kappa shape index (κ3) is 2.55. The number of fused-ring (bicyclic) bond motifs is 1. The molecule has 0 aromatic heterocycles. The fourth-order valence-electron chi connectivity index (χ4n) is 2.76. The molecule has 4 heteroatoms. The minimum absolute atomic E-state index is 0.00378. The van der Waals surface area contributed by atoms with Gasteiger partial charge in [-0.25, -0.2) is 0 Å². The van der Waals surface area contributed by atoms with Crippen molar-refractivity contribution in [3.8, 4) is 0 Å². The van der Waals surface area contributed by atoms with Crippen molar-refractivity contribution in [2.24, 2.45) is 0 Å². The molecule has 0 fully saturated rings. The highest BCUT2D eigenvalue weighted by molar-refractivity contribution is 6.31. The SMILES string of the molecule is CCc1cc(C(O)c2ccccc2Cl)cc2c1NC(=O)C2. The Kier molecular flexibility index (Phi) is 3.70. The number of carbonyl (C=O) groups excluding carboxylic acids is 1. The highest BCUT2D eigenvalue weighted by Crippen LogP contribution is 2.34. The lowest BCUT2D eigenvalue weighted by Gasteiger charge is -2.16. The van der Waals surface area contributed by atoms with Gasteiger partial charge in [0, 0.05) is 16.3 Å². The van der Waals surface area contributed by atoms with Crippen LogP contribution in [0.4, 0.5) is 5.69 Å². The first kappa shape index (κ1) is 14.1. The van der Waals surface area contributed by atoms with Crippen LogP contribution in [0.3, 0.4) is 0 Å². The minimum atomic E-state index is -0.787. The van der Waals surface area contributed by atoms with Gasteiger partial charge in [0.1, 0.15) is 6.10 Å². The van der Waals surface area contributed by atoms with Gasteiger partial charge < -0.3 is 10.4 Å². The van der Waals surface area contributed by atoms with Crippen molar-refractivity contribution < 1.29 is 9.90 Å². The highest BCUT2D eigenvalue weighted by Gasteiger charge is 2.23. The number of carbonyl (C=O) groups is 1. The molecule has 108 valence electrons. The van der Waals surface area contributed by atoms with Gasteiger partial charge >= 0.3 is 0 Å². The van der Waals surface area contributed by atoms with Gasteiger partial charge in [0.15, 0.2) is 0 Å². The summed E-state index contributed by atoms with van der Waals surface area (Å²) in [6.07, 6.45) is 0.377. The fraction of sp³-hybridized carbons (Fsp3) is 0.235. The highest BCUT2D eigenvalue weighted by atomic mass is 35.5.